The topological polar surface area (TPSA) is 72.6 Å². The van der Waals surface area contributed by atoms with Crippen LogP contribution in [-0.2, 0) is 16.0 Å². The van der Waals surface area contributed by atoms with Gasteiger partial charge < -0.3 is 14.2 Å². The number of nitrogens with zero attached hydrogens (tertiary/aromatic N) is 2. The van der Waals surface area contributed by atoms with Gasteiger partial charge in [0.05, 0.1) is 5.69 Å². The van der Waals surface area contributed by atoms with Crippen LogP contribution in [0.3, 0.4) is 0 Å². The Hall–Kier alpha value is -2.63. The van der Waals surface area contributed by atoms with Crippen molar-refractivity contribution in [3.63, 3.8) is 0 Å². The summed E-state index contributed by atoms with van der Waals surface area (Å²) < 4.78 is 10.1. The highest BCUT2D eigenvalue weighted by molar-refractivity contribution is 5.90. The minimum atomic E-state index is -0.835. The number of aromatic nitrogens is 1. The van der Waals surface area contributed by atoms with E-state index in [4.69, 9.17) is 9.26 Å². The molecule has 1 amide bonds. The molecule has 0 spiro atoms. The first-order valence-corrected chi connectivity index (χ1v) is 9.00. The molecule has 1 aliphatic rings. The van der Waals surface area contributed by atoms with Gasteiger partial charge in [0.15, 0.2) is 6.10 Å². The molecule has 0 radical (unpaired) electrons. The van der Waals surface area contributed by atoms with Gasteiger partial charge in [-0.3, -0.25) is 4.79 Å². The summed E-state index contributed by atoms with van der Waals surface area (Å²) in [6.45, 7) is 4.70. The summed E-state index contributed by atoms with van der Waals surface area (Å²) in [6.07, 6.45) is 2.13. The standard InChI is InChI=1S/C20H24N2O4/c1-14-12-18(26-21-14)20(24)25-15(2)19(23)22-10-8-17(9-11-22)13-16-6-4-3-5-7-16/h3-7,12,15,17H,8-11,13H2,1-2H3/t15-/m0/s1. The summed E-state index contributed by atoms with van der Waals surface area (Å²) in [5, 5.41) is 3.65. The molecule has 0 aliphatic carbocycles. The number of hydrogen-bond donors (Lipinski definition) is 0. The molecule has 1 atom stereocenters. The molecule has 6 nitrogen and oxygen atoms in total. The summed E-state index contributed by atoms with van der Waals surface area (Å²) >= 11 is 0. The van der Waals surface area contributed by atoms with Crippen LogP contribution in [0.15, 0.2) is 40.9 Å². The zero-order chi connectivity index (χ0) is 18.5. The summed E-state index contributed by atoms with van der Waals surface area (Å²) in [7, 11) is 0. The fraction of sp³-hybridized carbons (Fsp3) is 0.450. The molecule has 1 saturated heterocycles. The van der Waals surface area contributed by atoms with Gasteiger partial charge in [0.1, 0.15) is 0 Å². The first kappa shape index (κ1) is 18.2. The van der Waals surface area contributed by atoms with Crippen molar-refractivity contribution in [1.29, 1.82) is 0 Å². The number of rotatable bonds is 5. The molecule has 6 heteroatoms. The smallest absolute Gasteiger partial charge is 0.377 e. The lowest BCUT2D eigenvalue weighted by Gasteiger charge is -2.33. The van der Waals surface area contributed by atoms with Gasteiger partial charge in [0, 0.05) is 19.2 Å². The average molecular weight is 356 g/mol. The number of amides is 1. The summed E-state index contributed by atoms with van der Waals surface area (Å²) in [5.41, 5.74) is 1.93. The molecule has 1 aliphatic heterocycles. The van der Waals surface area contributed by atoms with E-state index >= 15 is 0 Å². The van der Waals surface area contributed by atoms with E-state index in [1.165, 1.54) is 11.6 Å². The molecule has 0 N–H and O–H groups in total. The molecule has 3 rings (SSSR count). The van der Waals surface area contributed by atoms with Gasteiger partial charge >= 0.3 is 5.97 Å². The van der Waals surface area contributed by atoms with Crippen molar-refractivity contribution < 1.29 is 18.8 Å². The highest BCUT2D eigenvalue weighted by atomic mass is 16.6. The van der Waals surface area contributed by atoms with E-state index in [0.29, 0.717) is 24.7 Å². The minimum absolute atomic E-state index is 0.0173. The SMILES string of the molecule is Cc1cc(C(=O)O[C@@H](C)C(=O)N2CCC(Cc3ccccc3)CC2)on1. The number of carbonyl (C=O) groups is 2. The number of piperidine rings is 1. The summed E-state index contributed by atoms with van der Waals surface area (Å²) in [6, 6.07) is 11.9. The molecule has 1 aromatic heterocycles. The number of aryl methyl sites for hydroxylation is 1. The van der Waals surface area contributed by atoms with E-state index in [1.54, 1.807) is 18.7 Å². The molecule has 0 saturated carbocycles. The zero-order valence-corrected chi connectivity index (χ0v) is 15.2. The lowest BCUT2D eigenvalue weighted by molar-refractivity contribution is -0.141. The van der Waals surface area contributed by atoms with E-state index < -0.39 is 12.1 Å². The number of carbonyl (C=O) groups excluding carboxylic acids is 2. The number of ether oxygens (including phenoxy) is 1. The third kappa shape index (κ3) is 4.50. The Labute approximate surface area is 153 Å². The molecular weight excluding hydrogens is 332 g/mol. The number of likely N-dealkylation sites (tertiary alicyclic amines) is 1. The van der Waals surface area contributed by atoms with Crippen molar-refractivity contribution in [2.24, 2.45) is 5.92 Å². The quantitative estimate of drug-likeness (QED) is 0.770. The number of esters is 1. The van der Waals surface area contributed by atoms with Crippen molar-refractivity contribution in [1.82, 2.24) is 10.1 Å². The van der Waals surface area contributed by atoms with Gasteiger partial charge in [0.25, 0.3) is 5.91 Å². The average Bonchev–Trinajstić information content (AvgIpc) is 3.09. The predicted molar refractivity (Wildman–Crippen MR) is 95.6 cm³/mol. The Kier molecular flexibility index (Phi) is 5.71. The zero-order valence-electron chi connectivity index (χ0n) is 15.2. The Morgan fingerprint density at radius 1 is 1.27 bits per heavy atom. The van der Waals surface area contributed by atoms with Gasteiger partial charge in [-0.25, -0.2) is 4.79 Å². The van der Waals surface area contributed by atoms with Crippen LogP contribution >= 0.6 is 0 Å². The first-order valence-electron chi connectivity index (χ1n) is 9.00. The summed E-state index contributed by atoms with van der Waals surface area (Å²) in [5.74, 6) is -0.224. The second kappa shape index (κ2) is 8.17. The molecule has 1 aromatic carbocycles. The van der Waals surface area contributed by atoms with Crippen molar-refractivity contribution >= 4 is 11.9 Å². The molecule has 1 fully saturated rings. The van der Waals surface area contributed by atoms with E-state index in [9.17, 15) is 9.59 Å². The van der Waals surface area contributed by atoms with Crippen LogP contribution in [0.1, 0.15) is 41.6 Å². The molecule has 2 aromatic rings. The van der Waals surface area contributed by atoms with Crippen LogP contribution < -0.4 is 0 Å². The number of hydrogen-bond acceptors (Lipinski definition) is 5. The molecule has 0 unspecified atom stereocenters. The normalized spacial score (nSPS) is 16.3. The Morgan fingerprint density at radius 2 is 1.96 bits per heavy atom. The van der Waals surface area contributed by atoms with Crippen LogP contribution in [0.4, 0.5) is 0 Å². The largest absolute Gasteiger partial charge is 0.447 e. The second-order valence-corrected chi connectivity index (χ2v) is 6.84. The predicted octanol–water partition coefficient (Wildman–Crippen LogP) is 3.01. The van der Waals surface area contributed by atoms with E-state index in [-0.39, 0.29) is 11.7 Å². The lowest BCUT2D eigenvalue weighted by atomic mass is 9.90. The van der Waals surface area contributed by atoms with Gasteiger partial charge in [-0.2, -0.15) is 0 Å². The minimum Gasteiger partial charge on any atom is -0.447 e. The van der Waals surface area contributed by atoms with Crippen LogP contribution in [0.5, 0.6) is 0 Å². The molecule has 2 heterocycles. The van der Waals surface area contributed by atoms with Crippen LogP contribution in [0.25, 0.3) is 0 Å². The van der Waals surface area contributed by atoms with Gasteiger partial charge in [0.2, 0.25) is 5.76 Å². The monoisotopic (exact) mass is 356 g/mol. The Balaban J connectivity index is 1.47. The lowest BCUT2D eigenvalue weighted by Crippen LogP contribution is -2.44. The molecule has 26 heavy (non-hydrogen) atoms. The van der Waals surface area contributed by atoms with Crippen molar-refractivity contribution in [2.75, 3.05) is 13.1 Å². The molecule has 0 bridgehead atoms. The Morgan fingerprint density at radius 3 is 2.58 bits per heavy atom. The van der Waals surface area contributed by atoms with Crippen LogP contribution in [0, 0.1) is 12.8 Å². The van der Waals surface area contributed by atoms with E-state index in [0.717, 1.165) is 19.3 Å². The third-order valence-electron chi connectivity index (χ3n) is 4.75. The van der Waals surface area contributed by atoms with Gasteiger partial charge in [-0.15, -0.1) is 0 Å². The fourth-order valence-corrected chi connectivity index (χ4v) is 3.29. The van der Waals surface area contributed by atoms with Gasteiger partial charge in [-0.1, -0.05) is 35.5 Å². The molecular formula is C20H24N2O4. The third-order valence-corrected chi connectivity index (χ3v) is 4.75. The second-order valence-electron chi connectivity index (χ2n) is 6.84. The fourth-order valence-electron chi connectivity index (χ4n) is 3.29. The van der Waals surface area contributed by atoms with Crippen molar-refractivity contribution in [3.8, 4) is 0 Å². The first-order chi connectivity index (χ1) is 12.5. The van der Waals surface area contributed by atoms with Crippen molar-refractivity contribution in [2.45, 2.75) is 39.2 Å². The maximum atomic E-state index is 12.5. The van der Waals surface area contributed by atoms with Gasteiger partial charge in [-0.05, 0) is 44.6 Å². The van der Waals surface area contributed by atoms with E-state index in [2.05, 4.69) is 29.4 Å². The number of benzene rings is 1. The summed E-state index contributed by atoms with van der Waals surface area (Å²) in [4.78, 5) is 26.3. The highest BCUT2D eigenvalue weighted by Gasteiger charge is 2.29. The van der Waals surface area contributed by atoms with Crippen LogP contribution in [0.2, 0.25) is 0 Å². The maximum absolute atomic E-state index is 12.5. The van der Waals surface area contributed by atoms with Crippen molar-refractivity contribution in [3.05, 3.63) is 53.4 Å². The Bertz CT molecular complexity index is 748. The van der Waals surface area contributed by atoms with Crippen LogP contribution in [-0.4, -0.2) is 41.1 Å². The molecule has 138 valence electrons. The van der Waals surface area contributed by atoms with E-state index in [1.807, 2.05) is 6.07 Å². The highest BCUT2D eigenvalue weighted by Crippen LogP contribution is 2.22. The maximum Gasteiger partial charge on any atom is 0.377 e.